The molecule has 0 saturated carbocycles. The van der Waals surface area contributed by atoms with Gasteiger partial charge in [-0.25, -0.2) is 9.19 Å². The molecule has 0 fully saturated rings. The summed E-state index contributed by atoms with van der Waals surface area (Å²) in [6.45, 7) is 3.33. The van der Waals surface area contributed by atoms with Gasteiger partial charge in [0.25, 0.3) is 0 Å². The Kier molecular flexibility index (Phi) is 8.30. The van der Waals surface area contributed by atoms with Crippen LogP contribution in [0.1, 0.15) is 18.9 Å². The first kappa shape index (κ1) is 24.2. The van der Waals surface area contributed by atoms with Crippen molar-refractivity contribution in [1.82, 2.24) is 9.97 Å². The standard InChI is InChI=1S/C27H29N5O2S/c1-2-34-23-15-13-21(14-16-23)25-19-30-27(31-22-11-6-12-24(18-22)35(28)33)32-26(25)29-17-7-10-20-8-4-3-5-9-20/h3-6,8-9,11-16,18-19,28,35H,2,7,10,17H2,1H3,(H2,29,30,31,32). The van der Waals surface area contributed by atoms with Gasteiger partial charge < -0.3 is 15.4 Å². The summed E-state index contributed by atoms with van der Waals surface area (Å²) in [7, 11) is -2.17. The first-order chi connectivity index (χ1) is 17.1. The quantitative estimate of drug-likeness (QED) is 0.154. The smallest absolute Gasteiger partial charge is 0.229 e. The molecule has 0 aliphatic heterocycles. The van der Waals surface area contributed by atoms with E-state index in [0.717, 1.165) is 42.1 Å². The topological polar surface area (TPSA) is 100.0 Å². The molecule has 7 nitrogen and oxygen atoms in total. The number of thiol groups is 1. The van der Waals surface area contributed by atoms with Crippen LogP contribution < -0.4 is 15.4 Å². The molecule has 0 aliphatic carbocycles. The van der Waals surface area contributed by atoms with Crippen LogP contribution in [0.3, 0.4) is 0 Å². The first-order valence-electron chi connectivity index (χ1n) is 11.6. The molecule has 4 rings (SSSR count). The highest BCUT2D eigenvalue weighted by Crippen LogP contribution is 2.29. The second-order valence-electron chi connectivity index (χ2n) is 7.90. The number of nitrogens with zero attached hydrogens (tertiary/aromatic N) is 2. The molecule has 1 atom stereocenters. The van der Waals surface area contributed by atoms with E-state index in [1.54, 1.807) is 24.4 Å². The number of aromatic nitrogens is 2. The number of hydrogen-bond donors (Lipinski definition) is 4. The SMILES string of the molecule is CCOc1ccc(-c2cnc(Nc3cccc([SH](=N)=O)c3)nc2NCCCc2ccccc2)cc1. The van der Waals surface area contributed by atoms with E-state index in [0.29, 0.717) is 23.1 Å². The number of nitrogens with one attached hydrogen (secondary N) is 3. The summed E-state index contributed by atoms with van der Waals surface area (Å²) >= 11 is 0. The van der Waals surface area contributed by atoms with Gasteiger partial charge in [0.2, 0.25) is 5.95 Å². The van der Waals surface area contributed by atoms with Crippen LogP contribution in [0.4, 0.5) is 17.5 Å². The Balaban J connectivity index is 1.55. The second-order valence-corrected chi connectivity index (χ2v) is 9.00. The number of ether oxygens (including phenoxy) is 1. The highest BCUT2D eigenvalue weighted by Gasteiger charge is 2.11. The van der Waals surface area contributed by atoms with Crippen LogP contribution >= 0.6 is 0 Å². The molecular weight excluding hydrogens is 458 g/mol. The molecular formula is C27H29N5O2S. The third-order valence-electron chi connectivity index (χ3n) is 5.38. The maximum atomic E-state index is 11.6. The molecule has 0 spiro atoms. The molecule has 8 heteroatoms. The van der Waals surface area contributed by atoms with E-state index >= 15 is 0 Å². The molecule has 4 aromatic rings. The lowest BCUT2D eigenvalue weighted by Gasteiger charge is -2.14. The van der Waals surface area contributed by atoms with E-state index < -0.39 is 10.6 Å². The van der Waals surface area contributed by atoms with Crippen molar-refractivity contribution >= 4 is 28.0 Å². The van der Waals surface area contributed by atoms with Crippen LogP contribution in [0, 0.1) is 4.78 Å². The Morgan fingerprint density at radius 3 is 2.54 bits per heavy atom. The van der Waals surface area contributed by atoms with Crippen LogP contribution in [0.2, 0.25) is 0 Å². The minimum absolute atomic E-state index is 0.419. The zero-order valence-corrected chi connectivity index (χ0v) is 20.5. The Morgan fingerprint density at radius 1 is 1.00 bits per heavy atom. The maximum absolute atomic E-state index is 11.6. The highest BCUT2D eigenvalue weighted by atomic mass is 32.2. The van der Waals surface area contributed by atoms with Gasteiger partial charge >= 0.3 is 0 Å². The fourth-order valence-corrected chi connectivity index (χ4v) is 4.15. The Labute approximate surface area is 207 Å². The lowest BCUT2D eigenvalue weighted by Crippen LogP contribution is -2.08. The van der Waals surface area contributed by atoms with Gasteiger partial charge in [-0.05, 0) is 61.2 Å². The van der Waals surface area contributed by atoms with Crippen molar-refractivity contribution < 1.29 is 8.95 Å². The predicted molar refractivity (Wildman–Crippen MR) is 142 cm³/mol. The van der Waals surface area contributed by atoms with Crippen molar-refractivity contribution in [1.29, 1.82) is 4.78 Å². The monoisotopic (exact) mass is 487 g/mol. The average molecular weight is 488 g/mol. The molecule has 3 N–H and O–H groups in total. The van der Waals surface area contributed by atoms with Gasteiger partial charge in [0.05, 0.1) is 17.2 Å². The first-order valence-corrected chi connectivity index (χ1v) is 12.8. The molecule has 1 unspecified atom stereocenters. The van der Waals surface area contributed by atoms with Crippen molar-refractivity contribution in [3.63, 3.8) is 0 Å². The summed E-state index contributed by atoms with van der Waals surface area (Å²) < 4.78 is 24.6. The third-order valence-corrected chi connectivity index (χ3v) is 6.13. The Bertz CT molecular complexity index is 1320. The van der Waals surface area contributed by atoms with Crippen LogP contribution in [-0.4, -0.2) is 27.3 Å². The van der Waals surface area contributed by atoms with Gasteiger partial charge in [0.15, 0.2) is 0 Å². The van der Waals surface area contributed by atoms with Gasteiger partial charge in [-0.15, -0.1) is 0 Å². The van der Waals surface area contributed by atoms with E-state index in [4.69, 9.17) is 14.5 Å². The van der Waals surface area contributed by atoms with Crippen molar-refractivity contribution in [3.8, 4) is 16.9 Å². The largest absolute Gasteiger partial charge is 0.494 e. The number of aryl methyl sites for hydroxylation is 1. The van der Waals surface area contributed by atoms with Crippen LogP contribution in [0.5, 0.6) is 5.75 Å². The molecule has 0 aliphatic rings. The van der Waals surface area contributed by atoms with E-state index in [1.165, 1.54) is 5.56 Å². The van der Waals surface area contributed by atoms with Crippen molar-refractivity contribution in [2.45, 2.75) is 24.7 Å². The second kappa shape index (κ2) is 12.0. The minimum atomic E-state index is -2.17. The fourth-order valence-electron chi connectivity index (χ4n) is 3.67. The highest BCUT2D eigenvalue weighted by molar-refractivity contribution is 7.73. The summed E-state index contributed by atoms with van der Waals surface area (Å²) in [5.74, 6) is 1.96. The number of rotatable bonds is 11. The molecule has 1 heterocycles. The fraction of sp³-hybridized carbons (Fsp3) is 0.185. The normalized spacial score (nSPS) is 11.6. The van der Waals surface area contributed by atoms with Gasteiger partial charge in [-0.1, -0.05) is 48.5 Å². The van der Waals surface area contributed by atoms with Crippen molar-refractivity contribution in [2.24, 2.45) is 0 Å². The summed E-state index contributed by atoms with van der Waals surface area (Å²) in [5.41, 5.74) is 3.86. The maximum Gasteiger partial charge on any atom is 0.229 e. The van der Waals surface area contributed by atoms with Crippen LogP contribution in [-0.2, 0) is 17.0 Å². The van der Waals surface area contributed by atoms with E-state index in [2.05, 4.69) is 39.9 Å². The lowest BCUT2D eigenvalue weighted by atomic mass is 10.1. The molecule has 3 aromatic carbocycles. The summed E-state index contributed by atoms with van der Waals surface area (Å²) in [5, 5.41) is 6.64. The summed E-state index contributed by atoms with van der Waals surface area (Å²) in [6, 6.07) is 25.2. The minimum Gasteiger partial charge on any atom is -0.494 e. The zero-order valence-electron chi connectivity index (χ0n) is 19.6. The number of hydrogen-bond acceptors (Lipinski definition) is 7. The van der Waals surface area contributed by atoms with Gasteiger partial charge in [0, 0.05) is 28.9 Å². The van der Waals surface area contributed by atoms with E-state index in [9.17, 15) is 4.21 Å². The van der Waals surface area contributed by atoms with Gasteiger partial charge in [-0.3, -0.25) is 4.78 Å². The molecule has 180 valence electrons. The lowest BCUT2D eigenvalue weighted by molar-refractivity contribution is 0.340. The molecule has 0 bridgehead atoms. The summed E-state index contributed by atoms with van der Waals surface area (Å²) in [6.07, 6.45) is 3.72. The van der Waals surface area contributed by atoms with Gasteiger partial charge in [0.1, 0.15) is 11.6 Å². The predicted octanol–water partition coefficient (Wildman–Crippen LogP) is 5.93. The van der Waals surface area contributed by atoms with Crippen LogP contribution in [0.15, 0.2) is 90.0 Å². The Hall–Kier alpha value is -3.91. The number of benzene rings is 3. The summed E-state index contributed by atoms with van der Waals surface area (Å²) in [4.78, 5) is 9.70. The van der Waals surface area contributed by atoms with Crippen molar-refractivity contribution in [3.05, 3.63) is 90.6 Å². The molecule has 0 amide bonds. The molecule has 35 heavy (non-hydrogen) atoms. The van der Waals surface area contributed by atoms with E-state index in [1.807, 2.05) is 43.3 Å². The third kappa shape index (κ3) is 6.80. The zero-order chi connectivity index (χ0) is 24.5. The number of anilines is 3. The molecule has 0 radical (unpaired) electrons. The molecule has 1 aromatic heterocycles. The van der Waals surface area contributed by atoms with E-state index in [-0.39, 0.29) is 0 Å². The average Bonchev–Trinajstić information content (AvgIpc) is 2.88. The van der Waals surface area contributed by atoms with Crippen molar-refractivity contribution in [2.75, 3.05) is 23.8 Å². The Morgan fingerprint density at radius 2 is 1.80 bits per heavy atom. The molecule has 0 saturated heterocycles. The van der Waals surface area contributed by atoms with Crippen LogP contribution in [0.25, 0.3) is 11.1 Å². The van der Waals surface area contributed by atoms with Gasteiger partial charge in [-0.2, -0.15) is 4.98 Å².